The molecule has 2 rings (SSSR count). The lowest BCUT2D eigenvalue weighted by Gasteiger charge is -2.21. The fraction of sp³-hybridized carbons (Fsp3) is 0.500. The minimum absolute atomic E-state index is 0.536. The van der Waals surface area contributed by atoms with Crippen LogP contribution in [0.1, 0.15) is 64.7 Å². The average molecular weight is 330 g/mol. The predicted octanol–water partition coefficient (Wildman–Crippen LogP) is 5.36. The predicted molar refractivity (Wildman–Crippen MR) is 107 cm³/mol. The van der Waals surface area contributed by atoms with Gasteiger partial charge in [-0.25, -0.2) is 0 Å². The molecule has 0 aliphatic heterocycles. The van der Waals surface area contributed by atoms with Crippen molar-refractivity contribution in [2.24, 2.45) is 0 Å². The van der Waals surface area contributed by atoms with Crippen LogP contribution in [0.25, 0.3) is 5.57 Å². The Kier molecular flexibility index (Phi) is 11.8. The van der Waals surface area contributed by atoms with Crippen LogP contribution < -0.4 is 5.32 Å². The van der Waals surface area contributed by atoms with Gasteiger partial charge in [-0.1, -0.05) is 49.8 Å². The maximum absolute atomic E-state index is 8.81. The molecule has 0 amide bonds. The number of aldehydes is 1. The molecule has 1 aromatic rings. The molecule has 1 aliphatic rings. The van der Waals surface area contributed by atoms with Crippen molar-refractivity contribution in [3.05, 3.63) is 52.6 Å². The first-order valence-corrected chi connectivity index (χ1v) is 9.09. The van der Waals surface area contributed by atoms with Crippen LogP contribution in [0.4, 0.5) is 0 Å². The summed E-state index contributed by atoms with van der Waals surface area (Å²) < 4.78 is 0. The number of hydrogen-bond acceptors (Lipinski definition) is 2. The van der Waals surface area contributed by atoms with E-state index in [0.29, 0.717) is 6.04 Å². The Morgan fingerprint density at radius 3 is 2.38 bits per heavy atom. The van der Waals surface area contributed by atoms with Crippen molar-refractivity contribution in [1.82, 2.24) is 5.32 Å². The van der Waals surface area contributed by atoms with Gasteiger partial charge in [0.1, 0.15) is 6.29 Å². The van der Waals surface area contributed by atoms with E-state index in [4.69, 9.17) is 4.79 Å². The van der Waals surface area contributed by atoms with Gasteiger partial charge in [-0.15, -0.1) is 0 Å². The van der Waals surface area contributed by atoms with E-state index in [1.165, 1.54) is 47.6 Å². The zero-order valence-corrected chi connectivity index (χ0v) is 16.6. The van der Waals surface area contributed by atoms with Crippen LogP contribution in [0, 0.1) is 0 Å². The van der Waals surface area contributed by atoms with Crippen molar-refractivity contribution in [2.45, 2.75) is 66.8 Å². The minimum Gasteiger partial charge on any atom is -0.317 e. The molecule has 0 bridgehead atoms. The van der Waals surface area contributed by atoms with Crippen molar-refractivity contribution in [3.63, 3.8) is 0 Å². The van der Waals surface area contributed by atoms with Crippen molar-refractivity contribution in [1.29, 1.82) is 0 Å². The summed E-state index contributed by atoms with van der Waals surface area (Å²) in [7, 11) is 2.03. The quantitative estimate of drug-likeness (QED) is 0.753. The molecule has 1 unspecified atom stereocenters. The van der Waals surface area contributed by atoms with Crippen LogP contribution in [-0.4, -0.2) is 19.4 Å². The van der Waals surface area contributed by atoms with Gasteiger partial charge in [0.25, 0.3) is 0 Å². The molecular weight excluding hydrogens is 294 g/mol. The summed E-state index contributed by atoms with van der Waals surface area (Å²) in [4.78, 5) is 8.81. The number of carbonyl (C=O) groups excluding carboxylic acids is 1. The molecule has 1 N–H and O–H groups in total. The van der Waals surface area contributed by atoms with Gasteiger partial charge in [-0.3, -0.25) is 0 Å². The first-order valence-electron chi connectivity index (χ1n) is 9.09. The van der Waals surface area contributed by atoms with Crippen LogP contribution in [0.5, 0.6) is 0 Å². The fourth-order valence-electron chi connectivity index (χ4n) is 2.78. The third-order valence-electron chi connectivity index (χ3n) is 4.06. The summed E-state index contributed by atoms with van der Waals surface area (Å²) in [6.07, 6.45) is 8.63. The summed E-state index contributed by atoms with van der Waals surface area (Å²) >= 11 is 0. The largest absolute Gasteiger partial charge is 0.317 e. The number of likely N-dealkylation sites (N-methyl/N-ethyl adjacent to an activating group) is 1. The second-order valence-electron chi connectivity index (χ2n) is 5.82. The van der Waals surface area contributed by atoms with E-state index in [9.17, 15) is 0 Å². The van der Waals surface area contributed by atoms with Crippen molar-refractivity contribution >= 4 is 11.9 Å². The second kappa shape index (κ2) is 12.7. The third kappa shape index (κ3) is 6.84. The van der Waals surface area contributed by atoms with Gasteiger partial charge < -0.3 is 10.1 Å². The minimum atomic E-state index is 0.536. The molecule has 24 heavy (non-hydrogen) atoms. The lowest BCUT2D eigenvalue weighted by Crippen LogP contribution is -2.23. The Balaban J connectivity index is 0.000000952. The molecule has 2 nitrogen and oxygen atoms in total. The van der Waals surface area contributed by atoms with Gasteiger partial charge in [-0.05, 0) is 76.3 Å². The van der Waals surface area contributed by atoms with E-state index in [-0.39, 0.29) is 0 Å². The smallest absolute Gasteiger partial charge is 0.116 e. The molecule has 0 heterocycles. The van der Waals surface area contributed by atoms with Crippen LogP contribution in [0.2, 0.25) is 0 Å². The molecule has 134 valence electrons. The number of fused-ring (bicyclic) bond motifs is 1. The van der Waals surface area contributed by atoms with Gasteiger partial charge >= 0.3 is 0 Å². The lowest BCUT2D eigenvalue weighted by atomic mass is 9.84. The Morgan fingerprint density at radius 1 is 1.21 bits per heavy atom. The Hall–Kier alpha value is -1.67. The molecule has 0 spiro atoms. The molecule has 1 atom stereocenters. The van der Waals surface area contributed by atoms with E-state index in [1.54, 1.807) is 0 Å². The summed E-state index contributed by atoms with van der Waals surface area (Å²) in [5.41, 5.74) is 7.33. The summed E-state index contributed by atoms with van der Waals surface area (Å²) in [6, 6.07) is 7.53. The van der Waals surface area contributed by atoms with Crippen LogP contribution in [0.3, 0.4) is 0 Å². The number of carbonyl (C=O) groups is 1. The number of benzene rings is 1. The lowest BCUT2D eigenvalue weighted by molar-refractivity contribution is -0.106. The molecule has 1 aliphatic carbocycles. The van der Waals surface area contributed by atoms with Gasteiger partial charge in [0.15, 0.2) is 0 Å². The van der Waals surface area contributed by atoms with Crippen LogP contribution >= 0.6 is 0 Å². The van der Waals surface area contributed by atoms with Crippen LogP contribution in [0.15, 0.2) is 35.9 Å². The van der Waals surface area contributed by atoms with Gasteiger partial charge in [0.2, 0.25) is 0 Å². The monoisotopic (exact) mass is 329 g/mol. The first kappa shape index (κ1) is 22.3. The van der Waals surface area contributed by atoms with Gasteiger partial charge in [0, 0.05) is 6.04 Å². The summed E-state index contributed by atoms with van der Waals surface area (Å²) in [6.45, 7) is 12.0. The molecule has 2 heteroatoms. The van der Waals surface area contributed by atoms with Crippen molar-refractivity contribution in [3.8, 4) is 0 Å². The fourth-order valence-corrected chi connectivity index (χ4v) is 2.78. The van der Waals surface area contributed by atoms with E-state index < -0.39 is 0 Å². The highest BCUT2D eigenvalue weighted by atomic mass is 16.1. The van der Waals surface area contributed by atoms with E-state index in [1.807, 2.05) is 20.9 Å². The first-order chi connectivity index (χ1) is 11.6. The molecule has 0 saturated heterocycles. The summed E-state index contributed by atoms with van der Waals surface area (Å²) in [5.74, 6) is 0. The number of allylic oxidation sites excluding steroid dienone is 4. The van der Waals surface area contributed by atoms with E-state index in [0.717, 1.165) is 12.7 Å². The Morgan fingerprint density at radius 2 is 1.83 bits per heavy atom. The van der Waals surface area contributed by atoms with Gasteiger partial charge in [-0.2, -0.15) is 0 Å². The SMILES string of the molecule is C/C=C\C1=C(C)CCc2cc(CC(C)NC)ccc21.CC.CC=O. The molecule has 0 aromatic heterocycles. The molecular formula is C22H35NO. The van der Waals surface area contributed by atoms with Crippen molar-refractivity contribution < 1.29 is 4.79 Å². The maximum atomic E-state index is 8.81. The maximum Gasteiger partial charge on any atom is 0.116 e. The van der Waals surface area contributed by atoms with E-state index >= 15 is 0 Å². The third-order valence-corrected chi connectivity index (χ3v) is 4.06. The Bertz CT molecular complexity index is 555. The van der Waals surface area contributed by atoms with Crippen molar-refractivity contribution in [2.75, 3.05) is 7.05 Å². The zero-order chi connectivity index (χ0) is 18.5. The zero-order valence-electron chi connectivity index (χ0n) is 16.6. The molecule has 0 saturated carbocycles. The normalized spacial score (nSPS) is 14.1. The van der Waals surface area contributed by atoms with Crippen LogP contribution in [-0.2, 0) is 17.6 Å². The van der Waals surface area contributed by atoms with Gasteiger partial charge in [0.05, 0.1) is 0 Å². The highest BCUT2D eigenvalue weighted by molar-refractivity contribution is 5.80. The number of hydrogen-bond donors (Lipinski definition) is 1. The highest BCUT2D eigenvalue weighted by Gasteiger charge is 2.15. The average Bonchev–Trinajstić information content (AvgIpc) is 2.60. The molecule has 0 fully saturated rings. The topological polar surface area (TPSA) is 29.1 Å². The standard InChI is InChI=1S/C18H25N.C2H4O.C2H6/c1-5-6-17-13(2)7-9-16-12-15(8-10-18(16)17)11-14(3)19-4;1-2-3;1-2/h5-6,8,10,12,14,19H,7,9,11H2,1-4H3;2H,1H3;1-2H3/b6-5-;;. The second-order valence-corrected chi connectivity index (χ2v) is 5.82. The number of rotatable bonds is 4. The Labute approximate surface area is 149 Å². The number of nitrogens with one attached hydrogen (secondary N) is 1. The number of aryl methyl sites for hydroxylation is 1. The molecule has 0 radical (unpaired) electrons. The highest BCUT2D eigenvalue weighted by Crippen LogP contribution is 2.32. The van der Waals surface area contributed by atoms with E-state index in [2.05, 4.69) is 56.4 Å². The summed E-state index contributed by atoms with van der Waals surface area (Å²) in [5, 5.41) is 3.31. The molecule has 1 aromatic carbocycles.